The molecule has 0 bridgehead atoms. The van der Waals surface area contributed by atoms with E-state index in [0.29, 0.717) is 10.8 Å². The number of nitrogens with one attached hydrogen (secondary N) is 3. The number of hydrogen-bond donors (Lipinski definition) is 3. The number of carbonyl (C=O) groups excluding carboxylic acids is 3. The molecule has 0 fully saturated rings. The van der Waals surface area contributed by atoms with E-state index in [-0.39, 0.29) is 17.2 Å². The molecule has 28 heavy (non-hydrogen) atoms. The van der Waals surface area contributed by atoms with Crippen molar-refractivity contribution in [2.75, 3.05) is 0 Å². The van der Waals surface area contributed by atoms with E-state index in [1.54, 1.807) is 27.7 Å². The molecular weight excluding hydrogens is 374 g/mol. The second-order valence-corrected chi connectivity index (χ2v) is 10.9. The van der Waals surface area contributed by atoms with E-state index in [2.05, 4.69) is 36.9 Å². The molecule has 0 aromatic carbocycles. The van der Waals surface area contributed by atoms with Crippen molar-refractivity contribution in [2.24, 2.45) is 16.7 Å². The summed E-state index contributed by atoms with van der Waals surface area (Å²) < 4.78 is 0. The summed E-state index contributed by atoms with van der Waals surface area (Å²) in [5.41, 5.74) is 5.78. The van der Waals surface area contributed by atoms with Crippen LogP contribution < -0.4 is 16.2 Å². The predicted molar refractivity (Wildman–Crippen MR) is 112 cm³/mol. The Morgan fingerprint density at radius 1 is 1.11 bits per heavy atom. The van der Waals surface area contributed by atoms with E-state index in [1.807, 2.05) is 6.07 Å². The molecule has 0 spiro atoms. The summed E-state index contributed by atoms with van der Waals surface area (Å²) in [5, 5.41) is 2.64. The lowest BCUT2D eigenvalue weighted by molar-refractivity contribution is -0.133. The van der Waals surface area contributed by atoms with Gasteiger partial charge in [0.15, 0.2) is 0 Å². The molecule has 0 aliphatic heterocycles. The number of hydrazine groups is 1. The second-order valence-electron chi connectivity index (χ2n) is 9.75. The van der Waals surface area contributed by atoms with Crippen LogP contribution in [0.1, 0.15) is 75.0 Å². The number of hydrogen-bond acceptors (Lipinski definition) is 4. The van der Waals surface area contributed by atoms with Crippen molar-refractivity contribution >= 4 is 29.1 Å². The Balaban J connectivity index is 1.91. The Kier molecular flexibility index (Phi) is 6.58. The zero-order valence-corrected chi connectivity index (χ0v) is 18.8. The van der Waals surface area contributed by atoms with Crippen LogP contribution in [0, 0.1) is 16.7 Å². The third kappa shape index (κ3) is 5.56. The Bertz CT molecular complexity index is 756. The Morgan fingerprint density at radius 2 is 1.75 bits per heavy atom. The highest BCUT2D eigenvalue weighted by atomic mass is 32.1. The fourth-order valence-electron chi connectivity index (χ4n) is 3.14. The first-order chi connectivity index (χ1) is 12.8. The van der Waals surface area contributed by atoms with Gasteiger partial charge in [-0.1, -0.05) is 41.5 Å². The zero-order valence-electron chi connectivity index (χ0n) is 18.0. The molecule has 3 N–H and O–H groups in total. The van der Waals surface area contributed by atoms with Gasteiger partial charge >= 0.3 is 0 Å². The minimum absolute atomic E-state index is 0.221. The molecule has 0 saturated heterocycles. The van der Waals surface area contributed by atoms with Crippen molar-refractivity contribution in [1.82, 2.24) is 16.2 Å². The molecule has 156 valence electrons. The van der Waals surface area contributed by atoms with Crippen LogP contribution in [0.15, 0.2) is 6.07 Å². The van der Waals surface area contributed by atoms with Crippen LogP contribution in [-0.2, 0) is 22.4 Å². The van der Waals surface area contributed by atoms with Crippen LogP contribution in [-0.4, -0.2) is 23.8 Å². The molecule has 0 unspecified atom stereocenters. The van der Waals surface area contributed by atoms with Gasteiger partial charge in [0.1, 0.15) is 6.04 Å². The lowest BCUT2D eigenvalue weighted by Gasteiger charge is -2.33. The van der Waals surface area contributed by atoms with Gasteiger partial charge in [-0.25, -0.2) is 0 Å². The molecular formula is C21H33N3O3S. The van der Waals surface area contributed by atoms with Gasteiger partial charge in [0.2, 0.25) is 5.91 Å². The molecule has 2 atom stereocenters. The van der Waals surface area contributed by atoms with Crippen LogP contribution in [0.5, 0.6) is 0 Å². The summed E-state index contributed by atoms with van der Waals surface area (Å²) in [6, 6.07) is 1.21. The summed E-state index contributed by atoms with van der Waals surface area (Å²) in [4.78, 5) is 38.4. The van der Waals surface area contributed by atoms with Crippen LogP contribution >= 0.6 is 11.3 Å². The molecule has 2 rings (SSSR count). The highest BCUT2D eigenvalue weighted by Gasteiger charge is 2.30. The zero-order chi connectivity index (χ0) is 21.3. The molecule has 0 radical (unpaired) electrons. The maximum absolute atomic E-state index is 12.4. The van der Waals surface area contributed by atoms with E-state index in [0.717, 1.165) is 19.3 Å². The van der Waals surface area contributed by atoms with Gasteiger partial charge in [0.05, 0.1) is 4.88 Å². The van der Waals surface area contributed by atoms with E-state index >= 15 is 0 Å². The van der Waals surface area contributed by atoms with Crippen LogP contribution in [0.2, 0.25) is 0 Å². The Morgan fingerprint density at radius 3 is 2.32 bits per heavy atom. The lowest BCUT2D eigenvalue weighted by atomic mass is 9.72. The number of rotatable bonds is 3. The third-order valence-electron chi connectivity index (χ3n) is 5.25. The van der Waals surface area contributed by atoms with Gasteiger partial charge in [-0.05, 0) is 49.1 Å². The van der Waals surface area contributed by atoms with E-state index in [4.69, 9.17) is 0 Å². The number of carbonyl (C=O) groups is 3. The smallest absolute Gasteiger partial charge is 0.279 e. The fourth-order valence-corrected chi connectivity index (χ4v) is 4.25. The maximum atomic E-state index is 12.4. The summed E-state index contributed by atoms with van der Waals surface area (Å²) in [6.07, 6.45) is 3.13. The number of thiophene rings is 1. The van der Waals surface area contributed by atoms with Crippen molar-refractivity contribution in [2.45, 2.75) is 73.8 Å². The molecule has 3 amide bonds. The molecule has 1 heterocycles. The minimum atomic E-state index is -0.740. The average Bonchev–Trinajstić information content (AvgIpc) is 3.00. The Hall–Kier alpha value is -1.89. The Labute approximate surface area is 171 Å². The largest absolute Gasteiger partial charge is 0.344 e. The molecule has 0 saturated carbocycles. The SMILES string of the molecule is C[C@H](NC(=O)C(C)(C)C)C(=O)NNC(=O)c1cc2c(s1)CC[C@@H](C(C)(C)C)C2. The molecule has 1 aromatic rings. The monoisotopic (exact) mass is 407 g/mol. The van der Waals surface area contributed by atoms with Gasteiger partial charge < -0.3 is 5.32 Å². The summed E-state index contributed by atoms with van der Waals surface area (Å²) in [6.45, 7) is 13.7. The lowest BCUT2D eigenvalue weighted by Crippen LogP contribution is -2.52. The van der Waals surface area contributed by atoms with Gasteiger partial charge in [0.25, 0.3) is 11.8 Å². The van der Waals surface area contributed by atoms with Crippen molar-refractivity contribution in [3.05, 3.63) is 21.4 Å². The maximum Gasteiger partial charge on any atom is 0.279 e. The normalized spacial score (nSPS) is 18.0. The summed E-state index contributed by atoms with van der Waals surface area (Å²) >= 11 is 1.50. The quantitative estimate of drug-likeness (QED) is 0.673. The summed E-state index contributed by atoms with van der Waals surface area (Å²) in [7, 11) is 0. The van der Waals surface area contributed by atoms with Gasteiger partial charge in [-0.15, -0.1) is 11.3 Å². The number of fused-ring (bicyclic) bond motifs is 1. The van der Waals surface area contributed by atoms with E-state index in [9.17, 15) is 14.4 Å². The first-order valence-electron chi connectivity index (χ1n) is 9.81. The van der Waals surface area contributed by atoms with Crippen molar-refractivity contribution in [1.29, 1.82) is 0 Å². The topological polar surface area (TPSA) is 87.3 Å². The molecule has 1 aromatic heterocycles. The minimum Gasteiger partial charge on any atom is -0.344 e. The van der Waals surface area contributed by atoms with Crippen LogP contribution in [0.3, 0.4) is 0 Å². The summed E-state index contributed by atoms with van der Waals surface area (Å²) in [5.74, 6) is -0.396. The molecule has 7 heteroatoms. The van der Waals surface area contributed by atoms with Crippen molar-refractivity contribution in [3.8, 4) is 0 Å². The second kappa shape index (κ2) is 8.23. The van der Waals surface area contributed by atoms with Crippen molar-refractivity contribution in [3.63, 3.8) is 0 Å². The third-order valence-corrected chi connectivity index (χ3v) is 6.49. The van der Waals surface area contributed by atoms with Gasteiger partial charge in [0, 0.05) is 10.3 Å². The van der Waals surface area contributed by atoms with Crippen LogP contribution in [0.25, 0.3) is 0 Å². The molecule has 1 aliphatic carbocycles. The fraction of sp³-hybridized carbons (Fsp3) is 0.667. The average molecular weight is 408 g/mol. The predicted octanol–water partition coefficient (Wildman–Crippen LogP) is 3.21. The van der Waals surface area contributed by atoms with E-state index in [1.165, 1.54) is 21.8 Å². The highest BCUT2D eigenvalue weighted by molar-refractivity contribution is 7.14. The van der Waals surface area contributed by atoms with Crippen LogP contribution in [0.4, 0.5) is 0 Å². The molecule has 6 nitrogen and oxygen atoms in total. The van der Waals surface area contributed by atoms with Crippen molar-refractivity contribution < 1.29 is 14.4 Å². The standard InChI is InChI=1S/C21H33N3O3S/c1-12(22-19(27)21(5,6)7)17(25)23-24-18(26)16-11-13-10-14(20(2,3)4)8-9-15(13)28-16/h11-12,14H,8-10H2,1-7H3,(H,22,27)(H,23,25)(H,24,26)/t12-,14+/m0/s1. The van der Waals surface area contributed by atoms with E-state index < -0.39 is 17.4 Å². The first kappa shape index (κ1) is 22.4. The molecule has 1 aliphatic rings. The van der Waals surface area contributed by atoms with Gasteiger partial charge in [-0.3, -0.25) is 25.2 Å². The number of aryl methyl sites for hydroxylation is 1. The number of amides is 3. The van der Waals surface area contributed by atoms with Gasteiger partial charge in [-0.2, -0.15) is 0 Å². The highest BCUT2D eigenvalue weighted by Crippen LogP contribution is 2.40. The first-order valence-corrected chi connectivity index (χ1v) is 10.6.